The molecule has 2 saturated carbocycles. The van der Waals surface area contributed by atoms with Gasteiger partial charge in [-0.25, -0.2) is 0 Å². The van der Waals surface area contributed by atoms with E-state index in [4.69, 9.17) is 9.15 Å². The minimum Gasteiger partial charge on any atom is -0.496 e. The van der Waals surface area contributed by atoms with Crippen LogP contribution in [0.2, 0.25) is 0 Å². The van der Waals surface area contributed by atoms with Crippen LogP contribution in [0.25, 0.3) is 11.0 Å². The van der Waals surface area contributed by atoms with Crippen molar-refractivity contribution >= 4 is 34.4 Å². The molecule has 0 radical (unpaired) electrons. The van der Waals surface area contributed by atoms with Gasteiger partial charge >= 0.3 is 0 Å². The van der Waals surface area contributed by atoms with Gasteiger partial charge in [0.05, 0.1) is 18.5 Å². The Bertz CT molecular complexity index is 1190. The predicted octanol–water partition coefficient (Wildman–Crippen LogP) is 3.91. The molecule has 5 rings (SSSR count). The van der Waals surface area contributed by atoms with Crippen molar-refractivity contribution in [2.24, 2.45) is 17.8 Å². The minimum absolute atomic E-state index is 0.0540. The fraction of sp³-hybridized carbons (Fsp3) is 0.571. The van der Waals surface area contributed by atoms with Crippen LogP contribution >= 0.6 is 0 Å². The molecule has 36 heavy (non-hydrogen) atoms. The Morgan fingerprint density at radius 2 is 2.03 bits per heavy atom. The van der Waals surface area contributed by atoms with Gasteiger partial charge in [0.15, 0.2) is 11.5 Å². The maximum Gasteiger partial charge on any atom is 0.290 e. The van der Waals surface area contributed by atoms with Crippen LogP contribution < -0.4 is 10.1 Å². The molecule has 3 fully saturated rings. The number of ether oxygens (including phenoxy) is 1. The van der Waals surface area contributed by atoms with Gasteiger partial charge < -0.3 is 19.4 Å². The number of fused-ring (bicyclic) bond motifs is 2. The van der Waals surface area contributed by atoms with Crippen molar-refractivity contribution in [3.8, 4) is 5.75 Å². The molecule has 1 N–H and O–H groups in total. The molecule has 1 saturated heterocycles. The number of nitrogens with one attached hydrogen (secondary N) is 1. The molecule has 192 valence electrons. The summed E-state index contributed by atoms with van der Waals surface area (Å²) in [5.74, 6) is 0.375. The highest BCUT2D eigenvalue weighted by Crippen LogP contribution is 2.43. The van der Waals surface area contributed by atoms with E-state index in [2.05, 4.69) is 5.32 Å². The van der Waals surface area contributed by atoms with Crippen molar-refractivity contribution in [2.75, 3.05) is 13.7 Å². The number of nitrogens with zero attached hydrogens (tertiary/aromatic N) is 1. The molecule has 1 aliphatic heterocycles. The third-order valence-electron chi connectivity index (χ3n) is 8.38. The molecule has 2 aromatic rings. The van der Waals surface area contributed by atoms with Gasteiger partial charge in [-0.3, -0.25) is 19.2 Å². The summed E-state index contributed by atoms with van der Waals surface area (Å²) in [5.41, 5.74) is 0.549. The van der Waals surface area contributed by atoms with Gasteiger partial charge in [0.25, 0.3) is 5.91 Å². The highest BCUT2D eigenvalue weighted by atomic mass is 16.5. The molecule has 3 aliphatic rings. The number of rotatable bonds is 8. The number of Topliss-reactive ketones (excluding diaryl/α,β-unsaturated/α-hetero) is 2. The summed E-state index contributed by atoms with van der Waals surface area (Å²) in [5, 5.41) is 3.67. The smallest absolute Gasteiger partial charge is 0.290 e. The second-order valence-corrected chi connectivity index (χ2v) is 10.4. The number of methoxy groups -OCH3 is 1. The quantitative estimate of drug-likeness (QED) is 0.597. The first-order valence-corrected chi connectivity index (χ1v) is 13.1. The van der Waals surface area contributed by atoms with Crippen LogP contribution in [0.3, 0.4) is 0 Å². The number of hydrogen-bond donors (Lipinski definition) is 1. The van der Waals surface area contributed by atoms with Crippen molar-refractivity contribution in [1.29, 1.82) is 0 Å². The molecule has 2 heterocycles. The van der Waals surface area contributed by atoms with Gasteiger partial charge in [0.1, 0.15) is 23.2 Å². The van der Waals surface area contributed by atoms with Gasteiger partial charge in [-0.05, 0) is 56.1 Å². The van der Waals surface area contributed by atoms with E-state index in [-0.39, 0.29) is 53.3 Å². The predicted molar refractivity (Wildman–Crippen MR) is 133 cm³/mol. The van der Waals surface area contributed by atoms with Crippen LogP contribution in [0.5, 0.6) is 5.75 Å². The van der Waals surface area contributed by atoms with E-state index in [1.54, 1.807) is 37.1 Å². The molecule has 1 aromatic heterocycles. The van der Waals surface area contributed by atoms with Crippen LogP contribution in [0.1, 0.15) is 68.8 Å². The molecule has 1 aromatic carbocycles. The Hall–Kier alpha value is -3.16. The number of furan rings is 1. The first kappa shape index (κ1) is 24.5. The zero-order valence-corrected chi connectivity index (χ0v) is 21.0. The van der Waals surface area contributed by atoms with E-state index >= 15 is 0 Å². The van der Waals surface area contributed by atoms with Crippen molar-refractivity contribution < 1.29 is 28.3 Å². The van der Waals surface area contributed by atoms with Crippen molar-refractivity contribution in [3.05, 3.63) is 30.0 Å². The molecule has 0 bridgehead atoms. The van der Waals surface area contributed by atoms with Gasteiger partial charge in [-0.15, -0.1) is 0 Å². The van der Waals surface area contributed by atoms with Gasteiger partial charge in [-0.1, -0.05) is 19.4 Å². The van der Waals surface area contributed by atoms with Crippen LogP contribution in [0.15, 0.2) is 28.7 Å². The standard InChI is InChI=1S/C28H34N2O6/c1-3-21(31)20(13-16-7-5-10-22(16)32)29-27(33)26-18-9-4-8-17(18)15-30(26)28(34)25-14-19-23(35-2)11-6-12-24(19)36-25/h6,11-12,14,16-18,20,26H,3-5,7-10,13,15H2,1-2H3,(H,29,33). The first-order valence-electron chi connectivity index (χ1n) is 13.1. The summed E-state index contributed by atoms with van der Waals surface area (Å²) in [6.07, 6.45) is 5.63. The molecule has 2 aliphatic carbocycles. The Morgan fingerprint density at radius 1 is 1.19 bits per heavy atom. The molecule has 0 spiro atoms. The fourth-order valence-electron chi connectivity index (χ4n) is 6.51. The van der Waals surface area contributed by atoms with Gasteiger partial charge in [0.2, 0.25) is 5.91 Å². The third kappa shape index (κ3) is 4.42. The van der Waals surface area contributed by atoms with Gasteiger partial charge in [0, 0.05) is 31.4 Å². The van der Waals surface area contributed by atoms with Crippen LogP contribution in [-0.2, 0) is 14.4 Å². The Labute approximate surface area is 210 Å². The molecular formula is C28H34N2O6. The number of amides is 2. The third-order valence-corrected chi connectivity index (χ3v) is 8.38. The zero-order chi connectivity index (χ0) is 25.4. The number of benzene rings is 1. The summed E-state index contributed by atoms with van der Waals surface area (Å²) < 4.78 is 11.3. The molecular weight excluding hydrogens is 460 g/mol. The summed E-state index contributed by atoms with van der Waals surface area (Å²) in [6.45, 7) is 2.26. The van der Waals surface area contributed by atoms with Crippen LogP contribution in [0.4, 0.5) is 0 Å². The maximum absolute atomic E-state index is 13.7. The second-order valence-electron chi connectivity index (χ2n) is 10.4. The molecule has 2 amide bonds. The monoisotopic (exact) mass is 494 g/mol. The summed E-state index contributed by atoms with van der Waals surface area (Å²) >= 11 is 0. The van der Waals surface area contributed by atoms with E-state index in [0.717, 1.165) is 32.1 Å². The topological polar surface area (TPSA) is 106 Å². The summed E-state index contributed by atoms with van der Waals surface area (Å²) in [4.78, 5) is 54.0. The number of carbonyl (C=O) groups is 4. The van der Waals surface area contributed by atoms with Gasteiger partial charge in [-0.2, -0.15) is 0 Å². The van der Waals surface area contributed by atoms with Crippen molar-refractivity contribution in [3.63, 3.8) is 0 Å². The number of likely N-dealkylation sites (tertiary alicyclic amines) is 1. The van der Waals surface area contributed by atoms with Crippen molar-refractivity contribution in [1.82, 2.24) is 10.2 Å². The Balaban J connectivity index is 1.39. The zero-order valence-electron chi connectivity index (χ0n) is 21.0. The fourth-order valence-corrected chi connectivity index (χ4v) is 6.51. The molecule has 5 unspecified atom stereocenters. The van der Waals surface area contributed by atoms with Crippen LogP contribution in [-0.4, -0.2) is 54.0 Å². The maximum atomic E-state index is 13.7. The second kappa shape index (κ2) is 10.1. The van der Waals surface area contributed by atoms with Crippen LogP contribution in [0, 0.1) is 17.8 Å². The molecule has 8 nitrogen and oxygen atoms in total. The normalized spacial score (nSPS) is 26.3. The van der Waals surface area contributed by atoms with E-state index in [1.165, 1.54) is 0 Å². The lowest BCUT2D eigenvalue weighted by Crippen LogP contribution is -2.53. The largest absolute Gasteiger partial charge is 0.496 e. The lowest BCUT2D eigenvalue weighted by Gasteiger charge is -2.29. The Kier molecular flexibility index (Phi) is 6.86. The van der Waals surface area contributed by atoms with Crippen molar-refractivity contribution in [2.45, 2.75) is 70.4 Å². The summed E-state index contributed by atoms with van der Waals surface area (Å²) in [6, 6.07) is 5.70. The Morgan fingerprint density at radius 3 is 2.75 bits per heavy atom. The number of ketones is 2. The van der Waals surface area contributed by atoms with E-state index in [0.29, 0.717) is 36.1 Å². The van der Waals surface area contributed by atoms with E-state index in [1.807, 2.05) is 6.07 Å². The SMILES string of the molecule is CCC(=O)C(CC1CCCC1=O)NC(=O)C1C2CCCC2CN1C(=O)c1cc2c(OC)cccc2o1. The molecule has 8 heteroatoms. The highest BCUT2D eigenvalue weighted by Gasteiger charge is 2.50. The number of hydrogen-bond acceptors (Lipinski definition) is 6. The number of carbonyl (C=O) groups excluding carboxylic acids is 4. The average Bonchev–Trinajstić information content (AvgIpc) is 3.66. The lowest BCUT2D eigenvalue weighted by atomic mass is 9.91. The first-order chi connectivity index (χ1) is 17.4. The average molecular weight is 495 g/mol. The van der Waals surface area contributed by atoms with E-state index in [9.17, 15) is 19.2 Å². The molecule has 5 atom stereocenters. The summed E-state index contributed by atoms with van der Waals surface area (Å²) in [7, 11) is 1.57. The lowest BCUT2D eigenvalue weighted by molar-refractivity contribution is -0.131. The highest BCUT2D eigenvalue weighted by molar-refractivity contribution is 6.01. The van der Waals surface area contributed by atoms with E-state index < -0.39 is 12.1 Å². The minimum atomic E-state index is -0.706.